The van der Waals surface area contributed by atoms with Crippen LogP contribution in [0.25, 0.3) is 0 Å². The Bertz CT molecular complexity index is 434. The Kier molecular flexibility index (Phi) is 5.13. The number of likely N-dealkylation sites (N-methyl/N-ethyl adjacent to an activating group) is 1. The van der Waals surface area contributed by atoms with E-state index in [0.29, 0.717) is 18.2 Å². The number of carbonyl (C=O) groups is 1. The molecule has 104 valence electrons. The first-order chi connectivity index (χ1) is 9.16. The van der Waals surface area contributed by atoms with E-state index in [0.717, 1.165) is 31.7 Å². The largest absolute Gasteiger partial charge is 0.339 e. The first-order valence-electron chi connectivity index (χ1n) is 6.43. The number of nitrogens with one attached hydrogen (secondary N) is 1. The minimum Gasteiger partial charge on any atom is -0.339 e. The van der Waals surface area contributed by atoms with E-state index in [1.165, 1.54) is 0 Å². The van der Waals surface area contributed by atoms with E-state index in [1.807, 2.05) is 29.0 Å². The Labute approximate surface area is 118 Å². The van der Waals surface area contributed by atoms with Gasteiger partial charge in [0.15, 0.2) is 0 Å². The first-order valence-corrected chi connectivity index (χ1v) is 6.81. The van der Waals surface area contributed by atoms with Crippen LogP contribution < -0.4 is 5.32 Å². The van der Waals surface area contributed by atoms with Crippen LogP contribution in [0, 0.1) is 0 Å². The number of piperazine rings is 1. The van der Waals surface area contributed by atoms with Crippen molar-refractivity contribution >= 4 is 17.5 Å². The van der Waals surface area contributed by atoms with Gasteiger partial charge in [0.1, 0.15) is 5.15 Å². The van der Waals surface area contributed by atoms with Crippen LogP contribution in [0.5, 0.6) is 0 Å². The standard InChI is InChI=1S/C13H19ClN4O/c1-17(9-11-3-2-4-16-13(11)14)10-12(19)18-7-5-15-6-8-18/h2-4,15H,5-10H2,1H3. The minimum atomic E-state index is 0.170. The van der Waals surface area contributed by atoms with Crippen molar-refractivity contribution in [2.24, 2.45) is 0 Å². The van der Waals surface area contributed by atoms with Crippen molar-refractivity contribution in [3.63, 3.8) is 0 Å². The zero-order chi connectivity index (χ0) is 13.7. The molecule has 0 radical (unpaired) electrons. The maximum Gasteiger partial charge on any atom is 0.236 e. The second kappa shape index (κ2) is 6.84. The SMILES string of the molecule is CN(CC(=O)N1CCNCC1)Cc1cccnc1Cl. The summed E-state index contributed by atoms with van der Waals surface area (Å²) < 4.78 is 0. The molecular weight excluding hydrogens is 264 g/mol. The van der Waals surface area contributed by atoms with Gasteiger partial charge in [0.2, 0.25) is 5.91 Å². The van der Waals surface area contributed by atoms with Gasteiger partial charge >= 0.3 is 0 Å². The zero-order valence-electron chi connectivity index (χ0n) is 11.1. The molecule has 0 aliphatic carbocycles. The quantitative estimate of drug-likeness (QED) is 0.822. The van der Waals surface area contributed by atoms with Crippen LogP contribution in [0.1, 0.15) is 5.56 Å². The Morgan fingerprint density at radius 2 is 2.26 bits per heavy atom. The Hall–Kier alpha value is -1.17. The molecule has 1 fully saturated rings. The van der Waals surface area contributed by atoms with Gasteiger partial charge in [0.25, 0.3) is 0 Å². The number of nitrogens with zero attached hydrogens (tertiary/aromatic N) is 3. The van der Waals surface area contributed by atoms with E-state index < -0.39 is 0 Å². The zero-order valence-corrected chi connectivity index (χ0v) is 11.9. The lowest BCUT2D eigenvalue weighted by Gasteiger charge is -2.29. The van der Waals surface area contributed by atoms with Gasteiger partial charge in [-0.25, -0.2) is 4.98 Å². The summed E-state index contributed by atoms with van der Waals surface area (Å²) in [7, 11) is 1.92. The van der Waals surface area contributed by atoms with Crippen LogP contribution in [0.4, 0.5) is 0 Å². The number of hydrogen-bond acceptors (Lipinski definition) is 4. The third kappa shape index (κ3) is 4.16. The average Bonchev–Trinajstić information content (AvgIpc) is 2.42. The highest BCUT2D eigenvalue weighted by Gasteiger charge is 2.17. The number of pyridine rings is 1. The summed E-state index contributed by atoms with van der Waals surface area (Å²) in [4.78, 5) is 20.0. The van der Waals surface area contributed by atoms with E-state index in [2.05, 4.69) is 10.3 Å². The fraction of sp³-hybridized carbons (Fsp3) is 0.538. The van der Waals surface area contributed by atoms with Crippen molar-refractivity contribution in [2.75, 3.05) is 39.8 Å². The molecule has 2 heterocycles. The van der Waals surface area contributed by atoms with Crippen molar-refractivity contribution in [3.05, 3.63) is 29.0 Å². The van der Waals surface area contributed by atoms with Crippen LogP contribution >= 0.6 is 11.6 Å². The molecule has 1 N–H and O–H groups in total. The number of amides is 1. The van der Waals surface area contributed by atoms with E-state index in [-0.39, 0.29) is 5.91 Å². The number of halogens is 1. The van der Waals surface area contributed by atoms with Crippen LogP contribution in [-0.2, 0) is 11.3 Å². The summed E-state index contributed by atoms with van der Waals surface area (Å²) in [6.45, 7) is 4.38. The monoisotopic (exact) mass is 282 g/mol. The van der Waals surface area contributed by atoms with Crippen molar-refractivity contribution < 1.29 is 4.79 Å². The molecule has 0 bridgehead atoms. The van der Waals surface area contributed by atoms with E-state index >= 15 is 0 Å². The van der Waals surface area contributed by atoms with Gasteiger partial charge in [-0.15, -0.1) is 0 Å². The number of carbonyl (C=O) groups excluding carboxylic acids is 1. The Balaban J connectivity index is 1.85. The molecule has 19 heavy (non-hydrogen) atoms. The molecular formula is C13H19ClN4O. The molecule has 0 atom stereocenters. The predicted octanol–water partition coefficient (Wildman–Crippen LogP) is 0.599. The van der Waals surface area contributed by atoms with Gasteiger partial charge in [-0.05, 0) is 13.1 Å². The van der Waals surface area contributed by atoms with Gasteiger partial charge in [0, 0.05) is 44.5 Å². The van der Waals surface area contributed by atoms with E-state index in [9.17, 15) is 4.79 Å². The molecule has 2 rings (SSSR count). The summed E-state index contributed by atoms with van der Waals surface area (Å²) in [6, 6.07) is 3.79. The summed E-state index contributed by atoms with van der Waals surface area (Å²) in [5.41, 5.74) is 0.944. The normalized spacial score (nSPS) is 15.8. The van der Waals surface area contributed by atoms with Crippen molar-refractivity contribution in [2.45, 2.75) is 6.54 Å². The van der Waals surface area contributed by atoms with E-state index in [4.69, 9.17) is 11.6 Å². The highest BCUT2D eigenvalue weighted by atomic mass is 35.5. The van der Waals surface area contributed by atoms with Crippen molar-refractivity contribution in [1.29, 1.82) is 0 Å². The lowest BCUT2D eigenvalue weighted by atomic mass is 10.2. The fourth-order valence-electron chi connectivity index (χ4n) is 2.13. The average molecular weight is 283 g/mol. The smallest absolute Gasteiger partial charge is 0.236 e. The summed E-state index contributed by atoms with van der Waals surface area (Å²) in [5.74, 6) is 0.170. The maximum absolute atomic E-state index is 12.1. The topological polar surface area (TPSA) is 48.5 Å². The van der Waals surface area contributed by atoms with Crippen molar-refractivity contribution in [1.82, 2.24) is 20.1 Å². The molecule has 0 aromatic carbocycles. The predicted molar refractivity (Wildman–Crippen MR) is 75.0 cm³/mol. The third-order valence-corrected chi connectivity index (χ3v) is 3.49. The highest BCUT2D eigenvalue weighted by Crippen LogP contribution is 2.13. The molecule has 1 amide bonds. The summed E-state index contributed by atoms with van der Waals surface area (Å²) >= 11 is 6.01. The van der Waals surface area contributed by atoms with E-state index in [1.54, 1.807) is 6.20 Å². The summed E-state index contributed by atoms with van der Waals surface area (Å²) in [5, 5.41) is 3.74. The molecule has 1 saturated heterocycles. The molecule has 0 spiro atoms. The Morgan fingerprint density at radius 1 is 1.53 bits per heavy atom. The first kappa shape index (κ1) is 14.2. The molecule has 6 heteroatoms. The van der Waals surface area contributed by atoms with Crippen LogP contribution in [-0.4, -0.2) is 60.5 Å². The molecule has 1 aliphatic heterocycles. The lowest BCUT2D eigenvalue weighted by Crippen LogP contribution is -2.49. The lowest BCUT2D eigenvalue weighted by molar-refractivity contribution is -0.132. The van der Waals surface area contributed by atoms with Crippen LogP contribution in [0.3, 0.4) is 0 Å². The van der Waals surface area contributed by atoms with Gasteiger partial charge < -0.3 is 10.2 Å². The molecule has 1 aliphatic rings. The molecule has 5 nitrogen and oxygen atoms in total. The Morgan fingerprint density at radius 3 is 2.95 bits per heavy atom. The second-order valence-electron chi connectivity index (χ2n) is 4.76. The maximum atomic E-state index is 12.1. The number of aromatic nitrogens is 1. The minimum absolute atomic E-state index is 0.170. The highest BCUT2D eigenvalue weighted by molar-refractivity contribution is 6.30. The molecule has 1 aromatic rings. The van der Waals surface area contributed by atoms with Gasteiger partial charge in [0.05, 0.1) is 6.54 Å². The summed E-state index contributed by atoms with van der Waals surface area (Å²) in [6.07, 6.45) is 1.66. The fourth-order valence-corrected chi connectivity index (χ4v) is 2.31. The molecule has 1 aromatic heterocycles. The van der Waals surface area contributed by atoms with Crippen LogP contribution in [0.2, 0.25) is 5.15 Å². The number of rotatable bonds is 4. The number of hydrogen-bond donors (Lipinski definition) is 1. The van der Waals surface area contributed by atoms with Gasteiger partial charge in [-0.1, -0.05) is 17.7 Å². The molecule has 0 saturated carbocycles. The third-order valence-electron chi connectivity index (χ3n) is 3.15. The van der Waals surface area contributed by atoms with Gasteiger partial charge in [-0.3, -0.25) is 9.69 Å². The van der Waals surface area contributed by atoms with Crippen LogP contribution in [0.15, 0.2) is 18.3 Å². The van der Waals surface area contributed by atoms with Gasteiger partial charge in [-0.2, -0.15) is 0 Å². The van der Waals surface area contributed by atoms with Crippen molar-refractivity contribution in [3.8, 4) is 0 Å². The molecule has 0 unspecified atom stereocenters. The second-order valence-corrected chi connectivity index (χ2v) is 5.11.